The van der Waals surface area contributed by atoms with Gasteiger partial charge in [-0.3, -0.25) is 9.59 Å². The zero-order valence-corrected chi connectivity index (χ0v) is 15.5. The molecule has 0 saturated heterocycles. The predicted octanol–water partition coefficient (Wildman–Crippen LogP) is 3.20. The van der Waals surface area contributed by atoms with Gasteiger partial charge in [0.25, 0.3) is 5.56 Å². The SMILES string of the molecule is CC(C(=O)Nc1ccc(Br)cc1F)n1nc(C(=O)O)c2ccccc2c1=O. The highest BCUT2D eigenvalue weighted by atomic mass is 79.9. The van der Waals surface area contributed by atoms with E-state index >= 15 is 0 Å². The Morgan fingerprint density at radius 1 is 1.22 bits per heavy atom. The van der Waals surface area contributed by atoms with Crippen LogP contribution in [0.4, 0.5) is 10.1 Å². The Bertz CT molecular complexity index is 1130. The lowest BCUT2D eigenvalue weighted by molar-refractivity contribution is -0.119. The molecule has 1 heterocycles. The largest absolute Gasteiger partial charge is 0.476 e. The summed E-state index contributed by atoms with van der Waals surface area (Å²) >= 11 is 3.12. The van der Waals surface area contributed by atoms with Crippen molar-refractivity contribution in [3.05, 3.63) is 68.8 Å². The van der Waals surface area contributed by atoms with E-state index in [0.717, 1.165) is 4.68 Å². The van der Waals surface area contributed by atoms with Crippen LogP contribution in [0.3, 0.4) is 0 Å². The van der Waals surface area contributed by atoms with E-state index < -0.39 is 29.3 Å². The number of rotatable bonds is 4. The molecule has 0 aliphatic heterocycles. The molecule has 3 aromatic rings. The minimum atomic E-state index is -1.33. The molecule has 1 unspecified atom stereocenters. The van der Waals surface area contributed by atoms with E-state index in [1.165, 1.54) is 31.2 Å². The van der Waals surface area contributed by atoms with Gasteiger partial charge in [-0.25, -0.2) is 13.9 Å². The number of carbonyl (C=O) groups is 2. The third kappa shape index (κ3) is 3.59. The maximum Gasteiger partial charge on any atom is 0.357 e. The van der Waals surface area contributed by atoms with Crippen LogP contribution < -0.4 is 10.9 Å². The standard InChI is InChI=1S/C18H13BrFN3O4/c1-9(16(24)21-14-7-6-10(19)8-13(14)20)23-17(25)12-5-3-2-4-11(12)15(22-23)18(26)27/h2-9H,1H3,(H,21,24)(H,26,27). The number of anilines is 1. The van der Waals surface area contributed by atoms with Crippen molar-refractivity contribution < 1.29 is 19.1 Å². The van der Waals surface area contributed by atoms with Gasteiger partial charge < -0.3 is 10.4 Å². The van der Waals surface area contributed by atoms with Gasteiger partial charge in [0.2, 0.25) is 5.91 Å². The van der Waals surface area contributed by atoms with Crippen molar-refractivity contribution in [3.63, 3.8) is 0 Å². The number of carbonyl (C=O) groups excluding carboxylic acids is 1. The Labute approximate surface area is 160 Å². The van der Waals surface area contributed by atoms with Gasteiger partial charge in [-0.05, 0) is 31.2 Å². The summed E-state index contributed by atoms with van der Waals surface area (Å²) in [5, 5.41) is 15.9. The molecule has 0 saturated carbocycles. The number of aromatic carboxylic acids is 1. The van der Waals surface area contributed by atoms with E-state index in [1.54, 1.807) is 18.2 Å². The van der Waals surface area contributed by atoms with Crippen molar-refractivity contribution in [3.8, 4) is 0 Å². The molecule has 1 aromatic heterocycles. The molecule has 0 spiro atoms. The Balaban J connectivity index is 2.03. The summed E-state index contributed by atoms with van der Waals surface area (Å²) in [6.07, 6.45) is 0. The van der Waals surface area contributed by atoms with Crippen molar-refractivity contribution in [2.45, 2.75) is 13.0 Å². The lowest BCUT2D eigenvalue weighted by atomic mass is 10.1. The molecular formula is C18H13BrFN3O4. The number of carboxylic acids is 1. The molecule has 9 heteroatoms. The molecule has 3 rings (SSSR count). The van der Waals surface area contributed by atoms with Crippen molar-refractivity contribution in [2.24, 2.45) is 0 Å². The molecule has 27 heavy (non-hydrogen) atoms. The number of nitrogens with one attached hydrogen (secondary N) is 1. The molecule has 0 aliphatic carbocycles. The van der Waals surface area contributed by atoms with E-state index in [-0.39, 0.29) is 22.2 Å². The molecule has 0 radical (unpaired) electrons. The number of fused-ring (bicyclic) bond motifs is 1. The summed E-state index contributed by atoms with van der Waals surface area (Å²) in [6, 6.07) is 9.04. The van der Waals surface area contributed by atoms with Gasteiger partial charge in [0.05, 0.1) is 11.1 Å². The van der Waals surface area contributed by atoms with Crippen LogP contribution in [0.1, 0.15) is 23.5 Å². The van der Waals surface area contributed by atoms with Gasteiger partial charge in [0.1, 0.15) is 11.9 Å². The topological polar surface area (TPSA) is 101 Å². The Morgan fingerprint density at radius 2 is 1.89 bits per heavy atom. The molecule has 1 amide bonds. The maximum atomic E-state index is 13.9. The van der Waals surface area contributed by atoms with Crippen molar-refractivity contribution in [2.75, 3.05) is 5.32 Å². The van der Waals surface area contributed by atoms with Crippen molar-refractivity contribution in [1.82, 2.24) is 9.78 Å². The molecule has 0 aliphatic rings. The number of amides is 1. The van der Waals surface area contributed by atoms with Crippen LogP contribution in [-0.2, 0) is 4.79 Å². The molecule has 7 nitrogen and oxygen atoms in total. The highest BCUT2D eigenvalue weighted by Gasteiger charge is 2.23. The molecular weight excluding hydrogens is 421 g/mol. The van der Waals surface area contributed by atoms with E-state index in [2.05, 4.69) is 26.3 Å². The first-order chi connectivity index (χ1) is 12.8. The summed E-state index contributed by atoms with van der Waals surface area (Å²) in [5.41, 5.74) is -1.03. The average molecular weight is 434 g/mol. The van der Waals surface area contributed by atoms with Crippen LogP contribution in [0.15, 0.2) is 51.7 Å². The molecule has 2 aromatic carbocycles. The number of aromatic nitrogens is 2. The smallest absolute Gasteiger partial charge is 0.357 e. The van der Waals surface area contributed by atoms with Crippen molar-refractivity contribution >= 4 is 44.3 Å². The number of halogens is 2. The fourth-order valence-electron chi connectivity index (χ4n) is 2.57. The molecule has 0 bridgehead atoms. The molecule has 0 fully saturated rings. The molecule has 2 N–H and O–H groups in total. The second-order valence-electron chi connectivity index (χ2n) is 5.74. The fourth-order valence-corrected chi connectivity index (χ4v) is 2.90. The highest BCUT2D eigenvalue weighted by Crippen LogP contribution is 2.21. The molecule has 1 atom stereocenters. The van der Waals surface area contributed by atoms with Crippen LogP contribution in [0.5, 0.6) is 0 Å². The third-order valence-corrected chi connectivity index (χ3v) is 4.46. The zero-order valence-electron chi connectivity index (χ0n) is 13.9. The number of nitrogens with zero attached hydrogens (tertiary/aromatic N) is 2. The lowest BCUT2D eigenvalue weighted by Gasteiger charge is -2.16. The van der Waals surface area contributed by atoms with Crippen molar-refractivity contribution in [1.29, 1.82) is 0 Å². The minimum Gasteiger partial charge on any atom is -0.476 e. The summed E-state index contributed by atoms with van der Waals surface area (Å²) in [4.78, 5) is 36.6. The summed E-state index contributed by atoms with van der Waals surface area (Å²) in [7, 11) is 0. The normalized spacial score (nSPS) is 12.0. The quantitative estimate of drug-likeness (QED) is 0.657. The van der Waals surface area contributed by atoms with E-state index in [9.17, 15) is 23.9 Å². The van der Waals surface area contributed by atoms with Gasteiger partial charge in [-0.15, -0.1) is 0 Å². The zero-order chi connectivity index (χ0) is 19.7. The summed E-state index contributed by atoms with van der Waals surface area (Å²) in [6.45, 7) is 1.38. The number of carboxylic acid groups (broad SMARTS) is 1. The monoisotopic (exact) mass is 433 g/mol. The Morgan fingerprint density at radius 3 is 2.52 bits per heavy atom. The third-order valence-electron chi connectivity index (χ3n) is 3.97. The maximum absolute atomic E-state index is 13.9. The van der Waals surface area contributed by atoms with Gasteiger partial charge in [0.15, 0.2) is 5.69 Å². The second kappa shape index (κ2) is 7.28. The van der Waals surface area contributed by atoms with Crippen LogP contribution in [-0.4, -0.2) is 26.8 Å². The van der Waals surface area contributed by atoms with Crippen LogP contribution >= 0.6 is 15.9 Å². The Kier molecular flexibility index (Phi) is 5.04. The van der Waals surface area contributed by atoms with Gasteiger partial charge in [0, 0.05) is 9.86 Å². The van der Waals surface area contributed by atoms with Gasteiger partial charge in [-0.1, -0.05) is 34.1 Å². The van der Waals surface area contributed by atoms with Crippen LogP contribution in [0.25, 0.3) is 10.8 Å². The Hall–Kier alpha value is -3.07. The number of benzene rings is 2. The lowest BCUT2D eigenvalue weighted by Crippen LogP contribution is -2.35. The van der Waals surface area contributed by atoms with Gasteiger partial charge >= 0.3 is 5.97 Å². The van der Waals surface area contributed by atoms with Crippen LogP contribution in [0, 0.1) is 5.82 Å². The van der Waals surface area contributed by atoms with Crippen LogP contribution in [0.2, 0.25) is 0 Å². The fraction of sp³-hybridized carbons (Fsp3) is 0.111. The first-order valence-corrected chi connectivity index (χ1v) is 8.59. The average Bonchev–Trinajstić information content (AvgIpc) is 2.63. The summed E-state index contributed by atoms with van der Waals surface area (Å²) in [5.74, 6) is -2.70. The first-order valence-electron chi connectivity index (χ1n) is 7.80. The number of hydrogen-bond donors (Lipinski definition) is 2. The van der Waals surface area contributed by atoms with E-state index in [0.29, 0.717) is 4.47 Å². The van der Waals surface area contributed by atoms with Gasteiger partial charge in [-0.2, -0.15) is 5.10 Å². The van der Waals surface area contributed by atoms with E-state index in [4.69, 9.17) is 0 Å². The summed E-state index contributed by atoms with van der Waals surface area (Å²) < 4.78 is 15.2. The second-order valence-corrected chi connectivity index (χ2v) is 6.65. The first kappa shape index (κ1) is 18.7. The van der Waals surface area contributed by atoms with E-state index in [1.807, 2.05) is 0 Å². The molecule has 138 valence electrons. The minimum absolute atomic E-state index is 0.0673. The highest BCUT2D eigenvalue weighted by molar-refractivity contribution is 9.10. The predicted molar refractivity (Wildman–Crippen MR) is 100 cm³/mol. The number of hydrogen-bond acceptors (Lipinski definition) is 4.